The molecule has 0 saturated heterocycles. The van der Waals surface area contributed by atoms with Crippen molar-refractivity contribution in [1.82, 2.24) is 10.6 Å². The van der Waals surface area contributed by atoms with Crippen LogP contribution in [0.15, 0.2) is 90.6 Å². The average Bonchev–Trinajstić information content (AvgIpc) is 2.83. The maximum atomic E-state index is 13.7. The highest BCUT2D eigenvalue weighted by Crippen LogP contribution is 2.35. The van der Waals surface area contributed by atoms with E-state index >= 15 is 0 Å². The fraction of sp³-hybridized carbons (Fsp3) is 0.185. The number of anilines is 1. The highest BCUT2D eigenvalue weighted by molar-refractivity contribution is 6.22. The van der Waals surface area contributed by atoms with Crippen LogP contribution in [0.5, 0.6) is 0 Å². The molecule has 32 heavy (non-hydrogen) atoms. The molecule has 162 valence electrons. The Morgan fingerprint density at radius 3 is 2.19 bits per heavy atom. The Morgan fingerprint density at radius 1 is 0.906 bits per heavy atom. The molecule has 0 saturated carbocycles. The van der Waals surface area contributed by atoms with Gasteiger partial charge < -0.3 is 15.5 Å². The van der Waals surface area contributed by atoms with Gasteiger partial charge in [-0.05, 0) is 42.8 Å². The monoisotopic (exact) mass is 425 g/mol. The van der Waals surface area contributed by atoms with Crippen LogP contribution in [0.2, 0.25) is 0 Å². The third-order valence-electron chi connectivity index (χ3n) is 5.68. The van der Waals surface area contributed by atoms with Crippen molar-refractivity contribution in [2.45, 2.75) is 19.5 Å². The zero-order valence-electron chi connectivity index (χ0n) is 18.3. The Morgan fingerprint density at radius 2 is 1.53 bits per heavy atom. The number of nitrogens with one attached hydrogen (secondary N) is 2. The van der Waals surface area contributed by atoms with E-state index < -0.39 is 6.04 Å². The zero-order valence-corrected chi connectivity index (χ0v) is 18.3. The Kier molecular flexibility index (Phi) is 6.47. The van der Waals surface area contributed by atoms with Crippen LogP contribution in [-0.4, -0.2) is 25.3 Å². The number of rotatable bonds is 7. The second kappa shape index (κ2) is 9.62. The summed E-state index contributed by atoms with van der Waals surface area (Å²) in [6, 6.07) is 26.7. The summed E-state index contributed by atoms with van der Waals surface area (Å²) >= 11 is 0. The molecule has 5 heteroatoms. The number of benzene rings is 3. The third-order valence-corrected chi connectivity index (χ3v) is 5.68. The lowest BCUT2D eigenvalue weighted by Gasteiger charge is -2.35. The minimum atomic E-state index is -0.703. The molecular formula is C27H27N3O2. The number of para-hydroxylation sites is 1. The summed E-state index contributed by atoms with van der Waals surface area (Å²) in [4.78, 5) is 28.3. The van der Waals surface area contributed by atoms with Crippen LogP contribution in [0, 0.1) is 0 Å². The van der Waals surface area contributed by atoms with Gasteiger partial charge in [0.25, 0.3) is 5.91 Å². The predicted octanol–water partition coefficient (Wildman–Crippen LogP) is 4.08. The first kappa shape index (κ1) is 21.5. The molecule has 1 heterocycles. The van der Waals surface area contributed by atoms with Gasteiger partial charge in [-0.15, -0.1) is 0 Å². The predicted molar refractivity (Wildman–Crippen MR) is 128 cm³/mol. The molecule has 2 N–H and O–H groups in total. The number of carbonyl (C=O) groups is 2. The van der Waals surface area contributed by atoms with E-state index in [1.165, 1.54) is 6.92 Å². The molecule has 1 amide bonds. The van der Waals surface area contributed by atoms with E-state index in [9.17, 15) is 9.59 Å². The SMILES string of the molecule is CNCC1=C(C(=O)N[C@H](C(C)=O)c2ccccc2)c2ccccc2CN1c1ccccc1. The summed E-state index contributed by atoms with van der Waals surface area (Å²) in [6.07, 6.45) is 0. The molecule has 0 aliphatic carbocycles. The third kappa shape index (κ3) is 4.34. The second-order valence-corrected chi connectivity index (χ2v) is 7.86. The van der Waals surface area contributed by atoms with Crippen LogP contribution in [0.1, 0.15) is 29.7 Å². The van der Waals surface area contributed by atoms with E-state index in [1.807, 2.05) is 92.0 Å². The summed E-state index contributed by atoms with van der Waals surface area (Å²) in [5.74, 6) is -0.364. The summed E-state index contributed by atoms with van der Waals surface area (Å²) in [5, 5.41) is 6.22. The Hall–Kier alpha value is -3.70. The van der Waals surface area contributed by atoms with Crippen molar-refractivity contribution in [3.8, 4) is 0 Å². The van der Waals surface area contributed by atoms with Gasteiger partial charge in [-0.2, -0.15) is 0 Å². The van der Waals surface area contributed by atoms with Crippen molar-refractivity contribution < 1.29 is 9.59 Å². The van der Waals surface area contributed by atoms with Crippen LogP contribution in [0.3, 0.4) is 0 Å². The molecule has 5 nitrogen and oxygen atoms in total. The van der Waals surface area contributed by atoms with Crippen LogP contribution >= 0.6 is 0 Å². The topological polar surface area (TPSA) is 61.4 Å². The largest absolute Gasteiger partial charge is 0.339 e. The first-order valence-corrected chi connectivity index (χ1v) is 10.7. The van der Waals surface area contributed by atoms with E-state index in [2.05, 4.69) is 15.5 Å². The first-order chi connectivity index (χ1) is 15.6. The zero-order chi connectivity index (χ0) is 22.5. The van der Waals surface area contributed by atoms with Gasteiger partial charge >= 0.3 is 0 Å². The number of carbonyl (C=O) groups excluding carboxylic acids is 2. The fourth-order valence-corrected chi connectivity index (χ4v) is 4.19. The van der Waals surface area contributed by atoms with Crippen LogP contribution in [0.4, 0.5) is 5.69 Å². The maximum Gasteiger partial charge on any atom is 0.254 e. The molecule has 0 aromatic heterocycles. The number of likely N-dealkylation sites (N-methyl/N-ethyl adjacent to an activating group) is 1. The molecule has 1 atom stereocenters. The highest BCUT2D eigenvalue weighted by Gasteiger charge is 2.31. The van der Waals surface area contributed by atoms with Gasteiger partial charge in [-0.3, -0.25) is 9.59 Å². The van der Waals surface area contributed by atoms with Gasteiger partial charge in [-0.25, -0.2) is 0 Å². The molecule has 3 aromatic carbocycles. The van der Waals surface area contributed by atoms with Gasteiger partial charge in [-0.1, -0.05) is 72.8 Å². The fourth-order valence-electron chi connectivity index (χ4n) is 4.19. The maximum absolute atomic E-state index is 13.7. The summed E-state index contributed by atoms with van der Waals surface area (Å²) in [6.45, 7) is 2.69. The summed E-state index contributed by atoms with van der Waals surface area (Å²) < 4.78 is 0. The van der Waals surface area contributed by atoms with Crippen molar-refractivity contribution in [3.63, 3.8) is 0 Å². The molecule has 0 fully saturated rings. The van der Waals surface area contributed by atoms with E-state index in [4.69, 9.17) is 0 Å². The Bertz CT molecular complexity index is 1140. The molecule has 0 spiro atoms. The summed E-state index contributed by atoms with van der Waals surface area (Å²) in [7, 11) is 1.87. The lowest BCUT2D eigenvalue weighted by molar-refractivity contribution is -0.124. The Balaban J connectivity index is 1.81. The van der Waals surface area contributed by atoms with Gasteiger partial charge in [0.2, 0.25) is 0 Å². The van der Waals surface area contributed by atoms with Crippen molar-refractivity contribution in [2.24, 2.45) is 0 Å². The molecular weight excluding hydrogens is 398 g/mol. The summed E-state index contributed by atoms with van der Waals surface area (Å²) in [5.41, 5.74) is 5.23. The molecule has 0 bridgehead atoms. The van der Waals surface area contributed by atoms with Crippen molar-refractivity contribution in [2.75, 3.05) is 18.5 Å². The number of nitrogens with zero attached hydrogens (tertiary/aromatic N) is 1. The standard InChI is InChI=1S/C27H27N3O2/c1-19(31)26(20-11-5-3-6-12-20)29-27(32)25-23-16-10-9-13-21(23)18-30(24(25)17-28-2)22-14-7-4-8-15-22/h3-16,26,28H,17-18H2,1-2H3,(H,29,32)/t26-/m1/s1. The minimum absolute atomic E-state index is 0.107. The highest BCUT2D eigenvalue weighted by atomic mass is 16.2. The first-order valence-electron chi connectivity index (χ1n) is 10.7. The lowest BCUT2D eigenvalue weighted by Crippen LogP contribution is -2.39. The van der Waals surface area contributed by atoms with Crippen molar-refractivity contribution >= 4 is 23.0 Å². The van der Waals surface area contributed by atoms with Crippen LogP contribution < -0.4 is 15.5 Å². The van der Waals surface area contributed by atoms with Gasteiger partial charge in [0.1, 0.15) is 6.04 Å². The molecule has 1 aliphatic heterocycles. The van der Waals surface area contributed by atoms with Gasteiger partial charge in [0.15, 0.2) is 5.78 Å². The Labute approximate surface area is 188 Å². The van der Waals surface area contributed by atoms with Crippen molar-refractivity contribution in [1.29, 1.82) is 0 Å². The van der Waals surface area contributed by atoms with Crippen molar-refractivity contribution in [3.05, 3.63) is 107 Å². The number of ketones is 1. The number of hydrogen-bond acceptors (Lipinski definition) is 4. The number of amides is 1. The molecule has 3 aromatic rings. The normalized spacial score (nSPS) is 14.0. The van der Waals surface area contributed by atoms with Gasteiger partial charge in [0.05, 0.1) is 5.57 Å². The second-order valence-electron chi connectivity index (χ2n) is 7.86. The van der Waals surface area contributed by atoms with E-state index in [0.29, 0.717) is 18.7 Å². The smallest absolute Gasteiger partial charge is 0.254 e. The number of hydrogen-bond donors (Lipinski definition) is 2. The van der Waals surface area contributed by atoms with E-state index in [-0.39, 0.29) is 11.7 Å². The quantitative estimate of drug-likeness (QED) is 0.599. The lowest BCUT2D eigenvalue weighted by atomic mass is 9.91. The van der Waals surface area contributed by atoms with E-state index in [0.717, 1.165) is 28.1 Å². The molecule has 0 radical (unpaired) electrons. The average molecular weight is 426 g/mol. The molecule has 0 unspecified atom stereocenters. The number of fused-ring (bicyclic) bond motifs is 1. The molecule has 1 aliphatic rings. The van der Waals surface area contributed by atoms with Crippen LogP contribution in [0.25, 0.3) is 5.57 Å². The minimum Gasteiger partial charge on any atom is -0.339 e. The number of Topliss-reactive ketones (excluding diaryl/α,β-unsaturated/α-hetero) is 1. The van der Waals surface area contributed by atoms with E-state index in [1.54, 1.807) is 0 Å². The van der Waals surface area contributed by atoms with Crippen LogP contribution in [-0.2, 0) is 16.1 Å². The molecule has 4 rings (SSSR count). The van der Waals surface area contributed by atoms with Gasteiger partial charge in [0, 0.05) is 24.5 Å².